The van der Waals surface area contributed by atoms with E-state index in [1.807, 2.05) is 18.2 Å². The highest BCUT2D eigenvalue weighted by atomic mass is 35.5. The van der Waals surface area contributed by atoms with Gasteiger partial charge in [0.1, 0.15) is 5.25 Å². The maximum absolute atomic E-state index is 12.4. The lowest BCUT2D eigenvalue weighted by Crippen LogP contribution is -2.25. The predicted molar refractivity (Wildman–Crippen MR) is 127 cm³/mol. The average Bonchev–Trinajstić information content (AvgIpc) is 3.44. The summed E-state index contributed by atoms with van der Waals surface area (Å²) in [6.45, 7) is 2.15. The monoisotopic (exact) mass is 470 g/mol. The minimum atomic E-state index is -0.486. The van der Waals surface area contributed by atoms with E-state index < -0.39 is 5.25 Å². The molecule has 1 fully saturated rings. The van der Waals surface area contributed by atoms with Crippen LogP contribution in [0.1, 0.15) is 35.2 Å². The Morgan fingerprint density at radius 1 is 1.09 bits per heavy atom. The van der Waals surface area contributed by atoms with Crippen molar-refractivity contribution in [3.8, 4) is 0 Å². The normalized spacial score (nSPS) is 17.9. The molecule has 2 heterocycles. The first kappa shape index (κ1) is 22.4. The van der Waals surface area contributed by atoms with Crippen molar-refractivity contribution < 1.29 is 14.4 Å². The van der Waals surface area contributed by atoms with Crippen molar-refractivity contribution in [3.05, 3.63) is 64.7 Å². The van der Waals surface area contributed by atoms with Gasteiger partial charge in [-0.1, -0.05) is 41.6 Å². The number of halogens is 1. The Morgan fingerprint density at radius 2 is 1.81 bits per heavy atom. The quantitative estimate of drug-likeness (QED) is 0.671. The molecular weight excluding hydrogens is 448 g/mol. The maximum atomic E-state index is 12.4. The third-order valence-corrected chi connectivity index (χ3v) is 6.89. The van der Waals surface area contributed by atoms with Crippen LogP contribution in [0, 0.1) is 0 Å². The fraction of sp³-hybridized carbons (Fsp3) is 0.304. The van der Waals surface area contributed by atoms with E-state index >= 15 is 0 Å². The Hall–Kier alpha value is -2.84. The second kappa shape index (κ2) is 10.2. The number of carbonyl (C=O) groups excluding carboxylic acids is 3. The highest BCUT2D eigenvalue weighted by Gasteiger charge is 2.33. The molecule has 9 heteroatoms. The number of thioether (sulfide) groups is 1. The van der Waals surface area contributed by atoms with Crippen molar-refractivity contribution in [1.29, 1.82) is 0 Å². The minimum absolute atomic E-state index is 0.0599. The fourth-order valence-electron chi connectivity index (χ4n) is 3.56. The number of amides is 3. The lowest BCUT2D eigenvalue weighted by Gasteiger charge is -2.16. The molecule has 0 aromatic heterocycles. The Bertz CT molecular complexity index is 1050. The lowest BCUT2D eigenvalue weighted by atomic mass is 10.1. The van der Waals surface area contributed by atoms with E-state index in [9.17, 15) is 14.4 Å². The molecule has 0 aliphatic carbocycles. The molecule has 2 N–H and O–H groups in total. The van der Waals surface area contributed by atoms with Crippen LogP contribution in [0.3, 0.4) is 0 Å². The van der Waals surface area contributed by atoms with Crippen LogP contribution < -0.4 is 10.6 Å². The fourth-order valence-corrected chi connectivity index (χ4v) is 4.88. The van der Waals surface area contributed by atoms with Crippen molar-refractivity contribution in [2.45, 2.75) is 31.1 Å². The zero-order valence-electron chi connectivity index (χ0n) is 17.3. The largest absolute Gasteiger partial charge is 0.351 e. The number of hydrogen-bond donors (Lipinski definition) is 2. The molecule has 166 valence electrons. The molecule has 1 atom stereocenters. The summed E-state index contributed by atoms with van der Waals surface area (Å²) in [5.74, 6) is -0.746. The van der Waals surface area contributed by atoms with Gasteiger partial charge in [0, 0.05) is 42.3 Å². The van der Waals surface area contributed by atoms with Gasteiger partial charge in [0.15, 0.2) is 5.17 Å². The summed E-state index contributed by atoms with van der Waals surface area (Å²) >= 11 is 7.48. The number of anilines is 1. The first-order valence-corrected chi connectivity index (χ1v) is 11.7. The smallest absolute Gasteiger partial charge is 0.262 e. The van der Waals surface area contributed by atoms with Crippen LogP contribution in [-0.2, 0) is 16.1 Å². The highest BCUT2D eigenvalue weighted by molar-refractivity contribution is 8.15. The maximum Gasteiger partial charge on any atom is 0.262 e. The SMILES string of the molecule is O=C(CC1SC(N2CCCC2)=NC1=O)Nc1ccc(C(=O)NCc2ccccc2Cl)cc1. The number of rotatable bonds is 6. The Kier molecular flexibility index (Phi) is 7.12. The first-order chi connectivity index (χ1) is 15.5. The van der Waals surface area contributed by atoms with Gasteiger partial charge >= 0.3 is 0 Å². The second-order valence-corrected chi connectivity index (χ2v) is 9.21. The summed E-state index contributed by atoms with van der Waals surface area (Å²) in [6.07, 6.45) is 2.27. The topological polar surface area (TPSA) is 90.9 Å². The summed E-state index contributed by atoms with van der Waals surface area (Å²) in [6, 6.07) is 13.9. The van der Waals surface area contributed by atoms with Gasteiger partial charge in [-0.2, -0.15) is 4.99 Å². The summed E-state index contributed by atoms with van der Waals surface area (Å²) in [4.78, 5) is 43.2. The molecule has 2 aliphatic rings. The van der Waals surface area contributed by atoms with Crippen LogP contribution in [0.4, 0.5) is 5.69 Å². The van der Waals surface area contributed by atoms with Crippen molar-refractivity contribution in [2.24, 2.45) is 4.99 Å². The number of hydrogen-bond acceptors (Lipinski definition) is 5. The van der Waals surface area contributed by atoms with E-state index in [1.165, 1.54) is 11.8 Å². The number of likely N-dealkylation sites (tertiary alicyclic amines) is 1. The molecular formula is C23H23ClN4O3S. The third-order valence-electron chi connectivity index (χ3n) is 5.30. The van der Waals surface area contributed by atoms with Crippen molar-refractivity contribution in [3.63, 3.8) is 0 Å². The molecule has 1 saturated heterocycles. The van der Waals surface area contributed by atoms with Gasteiger partial charge in [-0.25, -0.2) is 0 Å². The molecule has 7 nitrogen and oxygen atoms in total. The van der Waals surface area contributed by atoms with Gasteiger partial charge in [-0.05, 0) is 48.7 Å². The molecule has 2 aromatic carbocycles. The van der Waals surface area contributed by atoms with Gasteiger partial charge in [0.05, 0.1) is 0 Å². The van der Waals surface area contributed by atoms with Crippen molar-refractivity contribution >= 4 is 51.9 Å². The summed E-state index contributed by atoms with van der Waals surface area (Å²) in [7, 11) is 0. The number of aliphatic imine (C=N–C) groups is 1. The van der Waals surface area contributed by atoms with E-state index in [1.54, 1.807) is 30.3 Å². The number of nitrogens with zero attached hydrogens (tertiary/aromatic N) is 2. The number of carbonyl (C=O) groups is 3. The standard InChI is InChI=1S/C23H23ClN4O3S/c24-18-6-2-1-5-16(18)14-25-21(30)15-7-9-17(10-8-15)26-20(29)13-19-22(31)27-23(32-19)28-11-3-4-12-28/h1-2,5-10,19H,3-4,11-14H2,(H,25,30)(H,26,29). The van der Waals surface area contributed by atoms with Crippen LogP contribution >= 0.6 is 23.4 Å². The minimum Gasteiger partial charge on any atom is -0.351 e. The van der Waals surface area contributed by atoms with Gasteiger partial charge in [-0.3, -0.25) is 14.4 Å². The van der Waals surface area contributed by atoms with E-state index in [0.717, 1.165) is 36.7 Å². The van der Waals surface area contributed by atoms with Gasteiger partial charge in [-0.15, -0.1) is 0 Å². The lowest BCUT2D eigenvalue weighted by molar-refractivity contribution is -0.121. The average molecular weight is 471 g/mol. The van der Waals surface area contributed by atoms with Gasteiger partial charge in [0.25, 0.3) is 11.8 Å². The molecule has 0 radical (unpaired) electrons. The molecule has 0 spiro atoms. The van der Waals surface area contributed by atoms with E-state index in [4.69, 9.17) is 11.6 Å². The Balaban J connectivity index is 1.26. The Labute approximate surface area is 195 Å². The van der Waals surface area contributed by atoms with Crippen molar-refractivity contribution in [2.75, 3.05) is 18.4 Å². The molecule has 2 aliphatic heterocycles. The zero-order valence-corrected chi connectivity index (χ0v) is 18.9. The molecule has 0 bridgehead atoms. The van der Waals surface area contributed by atoms with Crippen LogP contribution in [-0.4, -0.2) is 46.1 Å². The van der Waals surface area contributed by atoms with E-state index in [2.05, 4.69) is 20.5 Å². The molecule has 4 rings (SSSR count). The van der Waals surface area contributed by atoms with Crippen LogP contribution in [0.25, 0.3) is 0 Å². The highest BCUT2D eigenvalue weighted by Crippen LogP contribution is 2.29. The molecule has 2 aromatic rings. The molecule has 32 heavy (non-hydrogen) atoms. The van der Waals surface area contributed by atoms with Crippen LogP contribution in [0.2, 0.25) is 5.02 Å². The third kappa shape index (κ3) is 5.49. The Morgan fingerprint density at radius 3 is 2.53 bits per heavy atom. The first-order valence-electron chi connectivity index (χ1n) is 10.5. The van der Waals surface area contributed by atoms with Crippen LogP contribution in [0.5, 0.6) is 0 Å². The zero-order chi connectivity index (χ0) is 22.5. The van der Waals surface area contributed by atoms with E-state index in [0.29, 0.717) is 22.8 Å². The summed E-state index contributed by atoms with van der Waals surface area (Å²) < 4.78 is 0. The molecule has 1 unspecified atom stereocenters. The molecule has 3 amide bonds. The second-order valence-electron chi connectivity index (χ2n) is 7.64. The van der Waals surface area contributed by atoms with E-state index in [-0.39, 0.29) is 24.1 Å². The summed E-state index contributed by atoms with van der Waals surface area (Å²) in [5, 5.41) is 6.46. The predicted octanol–water partition coefficient (Wildman–Crippen LogP) is 3.69. The number of amidine groups is 1. The number of nitrogens with one attached hydrogen (secondary N) is 2. The van der Waals surface area contributed by atoms with Gasteiger partial charge in [0.2, 0.25) is 5.91 Å². The van der Waals surface area contributed by atoms with Gasteiger partial charge < -0.3 is 15.5 Å². The van der Waals surface area contributed by atoms with Crippen LogP contribution in [0.15, 0.2) is 53.5 Å². The number of benzene rings is 2. The van der Waals surface area contributed by atoms with Crippen molar-refractivity contribution in [1.82, 2.24) is 10.2 Å². The molecule has 0 saturated carbocycles. The summed E-state index contributed by atoms with van der Waals surface area (Å²) in [5.41, 5.74) is 1.87.